The largest absolute Gasteiger partial charge is 0.491 e. The van der Waals surface area contributed by atoms with Gasteiger partial charge in [0, 0.05) is 40.6 Å². The second-order valence-electron chi connectivity index (χ2n) is 9.08. The molecule has 0 spiro atoms. The normalized spacial score (nSPS) is 16.2. The summed E-state index contributed by atoms with van der Waals surface area (Å²) >= 11 is 1.26. The molecule has 4 heterocycles. The Balaban J connectivity index is 1.28. The molecule has 2 aromatic carbocycles. The zero-order chi connectivity index (χ0) is 26.2. The number of nitrogens with one attached hydrogen (secondary N) is 1. The Kier molecular flexibility index (Phi) is 6.13. The predicted molar refractivity (Wildman–Crippen MR) is 152 cm³/mol. The van der Waals surface area contributed by atoms with Gasteiger partial charge in [-0.15, -0.1) is 0 Å². The number of rotatable bonds is 6. The van der Waals surface area contributed by atoms with Crippen molar-refractivity contribution in [2.75, 3.05) is 6.61 Å². The number of carbonyl (C=O) groups is 1. The maximum atomic E-state index is 13.0. The van der Waals surface area contributed by atoms with Gasteiger partial charge in [0.2, 0.25) is 5.17 Å². The summed E-state index contributed by atoms with van der Waals surface area (Å²) in [5.74, 6) is 0.423. The Morgan fingerprint density at radius 2 is 1.97 bits per heavy atom. The quantitative estimate of drug-likeness (QED) is 0.344. The Hall–Kier alpha value is -4.50. The molecule has 0 aliphatic carbocycles. The first-order valence-corrected chi connectivity index (χ1v) is 13.0. The van der Waals surface area contributed by atoms with Gasteiger partial charge in [0.1, 0.15) is 17.4 Å². The van der Waals surface area contributed by atoms with Crippen LogP contribution in [-0.2, 0) is 11.3 Å². The lowest BCUT2D eigenvalue weighted by Gasteiger charge is -2.20. The summed E-state index contributed by atoms with van der Waals surface area (Å²) in [5, 5.41) is 16.7. The van der Waals surface area contributed by atoms with Crippen molar-refractivity contribution < 1.29 is 9.53 Å². The molecule has 4 aromatic rings. The number of nitrogens with zero attached hydrogens (tertiary/aromatic N) is 5. The third-order valence-electron chi connectivity index (χ3n) is 6.40. The van der Waals surface area contributed by atoms with Gasteiger partial charge in [-0.2, -0.15) is 15.1 Å². The van der Waals surface area contributed by atoms with Crippen molar-refractivity contribution in [3.8, 4) is 5.75 Å². The number of amidine groups is 2. The molecule has 1 amide bonds. The molecular formula is C29H24N6O2S. The van der Waals surface area contributed by atoms with E-state index in [1.54, 1.807) is 18.5 Å². The zero-order valence-electron chi connectivity index (χ0n) is 20.9. The zero-order valence-corrected chi connectivity index (χ0v) is 21.7. The van der Waals surface area contributed by atoms with E-state index in [0.29, 0.717) is 23.4 Å². The molecule has 0 bridgehead atoms. The van der Waals surface area contributed by atoms with E-state index in [4.69, 9.17) is 10.1 Å². The molecule has 188 valence electrons. The van der Waals surface area contributed by atoms with Gasteiger partial charge >= 0.3 is 0 Å². The first-order valence-electron chi connectivity index (χ1n) is 12.2. The lowest BCUT2D eigenvalue weighted by atomic mass is 10.1. The van der Waals surface area contributed by atoms with E-state index in [9.17, 15) is 4.79 Å². The summed E-state index contributed by atoms with van der Waals surface area (Å²) in [7, 11) is 0. The third kappa shape index (κ3) is 4.41. The fraction of sp³-hybridized carbons (Fsp3) is 0.138. The van der Waals surface area contributed by atoms with Crippen LogP contribution in [0.3, 0.4) is 0 Å². The van der Waals surface area contributed by atoms with Crippen LogP contribution < -0.4 is 4.74 Å². The van der Waals surface area contributed by atoms with E-state index in [2.05, 4.69) is 32.6 Å². The topological polar surface area (TPSA) is 95.9 Å². The van der Waals surface area contributed by atoms with Crippen LogP contribution in [0.2, 0.25) is 0 Å². The molecule has 0 saturated heterocycles. The number of ether oxygens (including phenoxy) is 1. The molecule has 2 aromatic heterocycles. The van der Waals surface area contributed by atoms with E-state index >= 15 is 0 Å². The van der Waals surface area contributed by atoms with E-state index < -0.39 is 5.91 Å². The van der Waals surface area contributed by atoms with Crippen molar-refractivity contribution in [1.82, 2.24) is 14.6 Å². The number of benzene rings is 2. The average Bonchev–Trinajstić information content (AvgIpc) is 3.50. The summed E-state index contributed by atoms with van der Waals surface area (Å²) < 4.78 is 8.17. The lowest BCUT2D eigenvalue weighted by Crippen LogP contribution is -2.35. The Bertz CT molecular complexity index is 1690. The lowest BCUT2D eigenvalue weighted by molar-refractivity contribution is -0.114. The van der Waals surface area contributed by atoms with Crippen LogP contribution in [0.25, 0.3) is 17.0 Å². The van der Waals surface area contributed by atoms with Gasteiger partial charge in [-0.3, -0.25) is 15.2 Å². The molecule has 0 saturated carbocycles. The van der Waals surface area contributed by atoms with Gasteiger partial charge in [-0.25, -0.2) is 0 Å². The molecule has 8 nitrogen and oxygen atoms in total. The van der Waals surface area contributed by atoms with Gasteiger partial charge in [0.05, 0.1) is 12.1 Å². The van der Waals surface area contributed by atoms with Gasteiger partial charge in [-0.1, -0.05) is 35.9 Å². The van der Waals surface area contributed by atoms with Crippen LogP contribution in [-0.4, -0.2) is 43.1 Å². The van der Waals surface area contributed by atoms with E-state index in [1.807, 2.05) is 61.7 Å². The fourth-order valence-corrected chi connectivity index (χ4v) is 5.43. The van der Waals surface area contributed by atoms with E-state index in [1.165, 1.54) is 22.3 Å². The molecule has 2 aliphatic heterocycles. The monoisotopic (exact) mass is 520 g/mol. The van der Waals surface area contributed by atoms with Crippen LogP contribution >= 0.6 is 11.8 Å². The SMILES string of the molecule is Cc1ccc(OCCn2cc(/C=C3/C(=N)N4N=C(c5cccnc5)SC4=NC3=O)c3ccccc32)c(C)c1. The molecule has 0 radical (unpaired) electrons. The molecule has 0 unspecified atom stereocenters. The predicted octanol–water partition coefficient (Wildman–Crippen LogP) is 5.40. The summed E-state index contributed by atoms with van der Waals surface area (Å²) in [6.07, 6.45) is 7.11. The van der Waals surface area contributed by atoms with E-state index in [0.717, 1.165) is 33.3 Å². The smallest absolute Gasteiger partial charge is 0.283 e. The van der Waals surface area contributed by atoms with Crippen LogP contribution in [0.1, 0.15) is 22.3 Å². The number of aryl methyl sites for hydroxylation is 2. The standard InChI is InChI=1S/C29H24N6O2S/c1-18-9-10-25(19(2)14-18)37-13-12-34-17-21(22-7-3-4-8-24(22)34)15-23-26(30)35-29(32-27(23)36)38-28(33-35)20-6-5-11-31-16-20/h3-11,14-17,30H,12-13H2,1-2H3/b23-15-,30-26?. The minimum absolute atomic E-state index is 0.00130. The van der Waals surface area contributed by atoms with Gasteiger partial charge in [0.25, 0.3) is 5.91 Å². The second kappa shape index (κ2) is 9.75. The highest BCUT2D eigenvalue weighted by Crippen LogP contribution is 2.32. The van der Waals surface area contributed by atoms with Crippen LogP contribution in [0.15, 0.2) is 88.9 Å². The van der Waals surface area contributed by atoms with Crippen molar-refractivity contribution in [1.29, 1.82) is 5.41 Å². The third-order valence-corrected chi connectivity index (χ3v) is 7.36. The number of para-hydroxylation sites is 1. The summed E-state index contributed by atoms with van der Waals surface area (Å²) in [6.45, 7) is 5.24. The molecule has 1 N–H and O–H groups in total. The molecule has 0 atom stereocenters. The molecule has 2 aliphatic rings. The number of carbonyl (C=O) groups excluding carboxylic acids is 1. The molecular weight excluding hydrogens is 496 g/mol. The number of hydrazone groups is 1. The maximum Gasteiger partial charge on any atom is 0.283 e. The highest BCUT2D eigenvalue weighted by atomic mass is 32.2. The van der Waals surface area contributed by atoms with Crippen LogP contribution in [0.4, 0.5) is 0 Å². The van der Waals surface area contributed by atoms with Crippen LogP contribution in [0.5, 0.6) is 5.75 Å². The number of hydrogen-bond donors (Lipinski definition) is 1. The maximum absolute atomic E-state index is 13.0. The number of hydrogen-bond acceptors (Lipinski definition) is 6. The summed E-state index contributed by atoms with van der Waals surface area (Å²) in [5.41, 5.74) is 5.18. The van der Waals surface area contributed by atoms with Crippen molar-refractivity contribution in [2.45, 2.75) is 20.4 Å². The Labute approximate surface area is 223 Å². The first-order chi connectivity index (χ1) is 18.5. The highest BCUT2D eigenvalue weighted by molar-refractivity contribution is 8.27. The van der Waals surface area contributed by atoms with Gasteiger partial charge in [0.15, 0.2) is 5.84 Å². The Morgan fingerprint density at radius 1 is 1.11 bits per heavy atom. The minimum Gasteiger partial charge on any atom is -0.491 e. The van der Waals surface area contributed by atoms with Crippen molar-refractivity contribution >= 4 is 50.7 Å². The Morgan fingerprint density at radius 3 is 2.79 bits per heavy atom. The number of aliphatic imine (C=N–C) groups is 1. The first kappa shape index (κ1) is 23.9. The van der Waals surface area contributed by atoms with Gasteiger partial charge < -0.3 is 9.30 Å². The number of aromatic nitrogens is 2. The average molecular weight is 521 g/mol. The molecule has 9 heteroatoms. The van der Waals surface area contributed by atoms with Crippen molar-refractivity contribution in [3.05, 3.63) is 101 Å². The number of thioether (sulfide) groups is 1. The number of fused-ring (bicyclic) bond motifs is 2. The van der Waals surface area contributed by atoms with Crippen molar-refractivity contribution in [2.24, 2.45) is 10.1 Å². The molecule has 38 heavy (non-hydrogen) atoms. The molecule has 0 fully saturated rings. The molecule has 6 rings (SSSR count). The number of amides is 1. The van der Waals surface area contributed by atoms with Crippen LogP contribution in [0, 0.1) is 19.3 Å². The van der Waals surface area contributed by atoms with E-state index in [-0.39, 0.29) is 11.4 Å². The summed E-state index contributed by atoms with van der Waals surface area (Å²) in [6, 6.07) is 17.9. The van der Waals surface area contributed by atoms with Gasteiger partial charge in [-0.05, 0) is 61.5 Å². The van der Waals surface area contributed by atoms with Crippen molar-refractivity contribution in [3.63, 3.8) is 0 Å². The highest BCUT2D eigenvalue weighted by Gasteiger charge is 2.36. The summed E-state index contributed by atoms with van der Waals surface area (Å²) in [4.78, 5) is 21.4. The minimum atomic E-state index is -0.452. The fourth-order valence-electron chi connectivity index (χ4n) is 4.54. The number of pyridine rings is 1. The second-order valence-corrected chi connectivity index (χ2v) is 10.0.